The Bertz CT molecular complexity index is 666. The predicted octanol–water partition coefficient (Wildman–Crippen LogP) is -2.41. The molecule has 0 bridgehead atoms. The molecule has 0 aliphatic carbocycles. The van der Waals surface area contributed by atoms with Crippen LogP contribution in [0.15, 0.2) is 0 Å². The maximum Gasteiger partial charge on any atom is 0.326 e. The molecule has 33 heavy (non-hydrogen) atoms. The van der Waals surface area contributed by atoms with Crippen LogP contribution in [0.3, 0.4) is 0 Å². The Morgan fingerprint density at radius 1 is 0.848 bits per heavy atom. The molecule has 10 N–H and O–H groups in total. The van der Waals surface area contributed by atoms with Crippen LogP contribution in [0.4, 0.5) is 0 Å². The van der Waals surface area contributed by atoms with Crippen LogP contribution < -0.4 is 27.4 Å². The highest BCUT2D eigenvalue weighted by atomic mass is 32.2. The van der Waals surface area contributed by atoms with Crippen LogP contribution in [0.2, 0.25) is 0 Å². The first-order valence-electron chi connectivity index (χ1n) is 10.5. The van der Waals surface area contributed by atoms with Crippen LogP contribution in [-0.2, 0) is 24.0 Å². The summed E-state index contributed by atoms with van der Waals surface area (Å²) < 4.78 is 0. The van der Waals surface area contributed by atoms with Gasteiger partial charge in [0.1, 0.15) is 18.1 Å². The maximum atomic E-state index is 12.6. The van der Waals surface area contributed by atoms with Gasteiger partial charge in [-0.1, -0.05) is 0 Å². The van der Waals surface area contributed by atoms with Crippen LogP contribution >= 0.6 is 11.8 Å². The molecule has 0 radical (unpaired) electrons. The third kappa shape index (κ3) is 13.0. The van der Waals surface area contributed by atoms with E-state index < -0.39 is 66.9 Å². The molecule has 0 heterocycles. The Morgan fingerprint density at radius 3 is 1.94 bits per heavy atom. The number of carbonyl (C=O) groups excluding carboxylic acids is 3. The van der Waals surface area contributed by atoms with Gasteiger partial charge in [-0.05, 0) is 50.7 Å². The van der Waals surface area contributed by atoms with E-state index in [-0.39, 0.29) is 12.8 Å². The summed E-state index contributed by atoms with van der Waals surface area (Å²) in [6.07, 6.45) is 2.45. The van der Waals surface area contributed by atoms with Gasteiger partial charge in [-0.3, -0.25) is 19.2 Å². The first-order chi connectivity index (χ1) is 15.6. The zero-order valence-corrected chi connectivity index (χ0v) is 19.4. The number of aliphatic hydroxyl groups is 1. The van der Waals surface area contributed by atoms with Crippen molar-refractivity contribution in [1.29, 1.82) is 0 Å². The normalized spacial score (nSPS) is 14.4. The summed E-state index contributed by atoms with van der Waals surface area (Å²) in [5, 5.41) is 34.6. The minimum absolute atomic E-state index is 0.0983. The van der Waals surface area contributed by atoms with Gasteiger partial charge in [0.15, 0.2) is 0 Å². The number of aliphatic carboxylic acids is 2. The first-order valence-corrected chi connectivity index (χ1v) is 11.9. The molecular weight excluding hydrogens is 458 g/mol. The fraction of sp³-hybridized carbons (Fsp3) is 0.737. The fourth-order valence-electron chi connectivity index (χ4n) is 2.68. The van der Waals surface area contributed by atoms with E-state index in [0.29, 0.717) is 31.6 Å². The summed E-state index contributed by atoms with van der Waals surface area (Å²) in [6, 6.07) is -5.00. The van der Waals surface area contributed by atoms with E-state index >= 15 is 0 Å². The van der Waals surface area contributed by atoms with E-state index in [9.17, 15) is 34.2 Å². The number of aliphatic hydroxyl groups excluding tert-OH is 1. The number of carbonyl (C=O) groups is 5. The molecule has 14 heteroatoms. The summed E-state index contributed by atoms with van der Waals surface area (Å²) in [5.74, 6) is -4.42. The molecule has 3 amide bonds. The molecule has 0 saturated carbocycles. The van der Waals surface area contributed by atoms with Crippen molar-refractivity contribution < 1.29 is 39.3 Å². The number of carboxylic acids is 2. The zero-order valence-electron chi connectivity index (χ0n) is 18.6. The smallest absolute Gasteiger partial charge is 0.326 e. The Kier molecular flexibility index (Phi) is 15.9. The summed E-state index contributed by atoms with van der Waals surface area (Å²) >= 11 is 1.48. The Morgan fingerprint density at radius 2 is 1.42 bits per heavy atom. The number of nitrogens with two attached hydrogens (primary N) is 2. The van der Waals surface area contributed by atoms with Crippen molar-refractivity contribution in [3.05, 3.63) is 0 Å². The van der Waals surface area contributed by atoms with E-state index in [1.165, 1.54) is 11.8 Å². The second-order valence-corrected chi connectivity index (χ2v) is 8.29. The largest absolute Gasteiger partial charge is 0.481 e. The van der Waals surface area contributed by atoms with Gasteiger partial charge in [0.2, 0.25) is 17.7 Å². The molecule has 0 rings (SSSR count). The quantitative estimate of drug-likeness (QED) is 0.0936. The highest BCUT2D eigenvalue weighted by molar-refractivity contribution is 7.98. The summed E-state index contributed by atoms with van der Waals surface area (Å²) in [7, 11) is 0. The lowest BCUT2D eigenvalue weighted by Gasteiger charge is -2.24. The van der Waals surface area contributed by atoms with Crippen LogP contribution in [0.25, 0.3) is 0 Å². The topological polar surface area (TPSA) is 234 Å². The molecule has 0 saturated heterocycles. The average molecular weight is 494 g/mol. The van der Waals surface area contributed by atoms with Crippen LogP contribution in [-0.4, -0.2) is 94.3 Å². The Labute approximate surface area is 196 Å². The molecule has 0 fully saturated rings. The van der Waals surface area contributed by atoms with Gasteiger partial charge in [-0.2, -0.15) is 11.8 Å². The van der Waals surface area contributed by atoms with E-state index in [4.69, 9.17) is 16.6 Å². The van der Waals surface area contributed by atoms with Crippen LogP contribution in [0.1, 0.15) is 38.5 Å². The number of thioether (sulfide) groups is 1. The van der Waals surface area contributed by atoms with Gasteiger partial charge in [-0.25, -0.2) is 4.79 Å². The molecule has 190 valence electrons. The van der Waals surface area contributed by atoms with Gasteiger partial charge in [-0.15, -0.1) is 0 Å². The summed E-state index contributed by atoms with van der Waals surface area (Å²) in [5.41, 5.74) is 11.1. The number of rotatable bonds is 18. The Balaban J connectivity index is 5.25. The number of carboxylic acid groups (broad SMARTS) is 2. The molecule has 0 aromatic rings. The van der Waals surface area contributed by atoms with Gasteiger partial charge < -0.3 is 42.7 Å². The lowest BCUT2D eigenvalue weighted by atomic mass is 10.1. The van der Waals surface area contributed by atoms with E-state index in [1.807, 2.05) is 6.26 Å². The van der Waals surface area contributed by atoms with Gasteiger partial charge in [0, 0.05) is 6.42 Å². The average Bonchev–Trinajstić information content (AvgIpc) is 2.76. The van der Waals surface area contributed by atoms with Gasteiger partial charge >= 0.3 is 11.9 Å². The van der Waals surface area contributed by atoms with Crippen molar-refractivity contribution >= 4 is 41.4 Å². The molecule has 4 atom stereocenters. The molecular formula is C19H35N5O8S. The summed E-state index contributed by atoms with van der Waals surface area (Å²) in [6.45, 7) is -0.441. The number of nitrogens with one attached hydrogen (secondary N) is 3. The van der Waals surface area contributed by atoms with Crippen LogP contribution in [0.5, 0.6) is 0 Å². The summed E-state index contributed by atoms with van der Waals surface area (Å²) in [4.78, 5) is 59.7. The fourth-order valence-corrected chi connectivity index (χ4v) is 3.17. The predicted molar refractivity (Wildman–Crippen MR) is 121 cm³/mol. The van der Waals surface area contributed by atoms with E-state index in [1.54, 1.807) is 0 Å². The van der Waals surface area contributed by atoms with E-state index in [0.717, 1.165) is 0 Å². The number of hydrogen-bond acceptors (Lipinski definition) is 9. The lowest BCUT2D eigenvalue weighted by molar-refractivity contribution is -0.143. The van der Waals surface area contributed by atoms with Crippen molar-refractivity contribution in [2.45, 2.75) is 62.7 Å². The number of hydrogen-bond donors (Lipinski definition) is 8. The SMILES string of the molecule is CSCCC(N)C(=O)NC(CO)C(=O)NC(CCC(=O)O)C(=O)NC(CCCCN)C(=O)O. The molecule has 4 unspecified atom stereocenters. The molecule has 0 aromatic carbocycles. The monoisotopic (exact) mass is 493 g/mol. The van der Waals surface area contributed by atoms with Crippen molar-refractivity contribution in [3.8, 4) is 0 Å². The maximum absolute atomic E-state index is 12.6. The van der Waals surface area contributed by atoms with Crippen molar-refractivity contribution in [3.63, 3.8) is 0 Å². The Hall–Kier alpha value is -2.42. The van der Waals surface area contributed by atoms with Crippen molar-refractivity contribution in [2.24, 2.45) is 11.5 Å². The van der Waals surface area contributed by atoms with Crippen molar-refractivity contribution in [2.75, 3.05) is 25.2 Å². The minimum atomic E-state index is -1.43. The number of amides is 3. The molecule has 0 aliphatic heterocycles. The molecule has 13 nitrogen and oxygen atoms in total. The third-order valence-electron chi connectivity index (χ3n) is 4.63. The third-order valence-corrected chi connectivity index (χ3v) is 5.27. The first kappa shape index (κ1) is 30.6. The van der Waals surface area contributed by atoms with Gasteiger partial charge in [0.25, 0.3) is 0 Å². The number of unbranched alkanes of at least 4 members (excludes halogenated alkanes) is 1. The minimum Gasteiger partial charge on any atom is -0.481 e. The highest BCUT2D eigenvalue weighted by Crippen LogP contribution is 2.05. The van der Waals surface area contributed by atoms with Gasteiger partial charge in [0.05, 0.1) is 12.6 Å². The highest BCUT2D eigenvalue weighted by Gasteiger charge is 2.30. The molecule has 0 aromatic heterocycles. The van der Waals surface area contributed by atoms with E-state index in [2.05, 4.69) is 16.0 Å². The zero-order chi connectivity index (χ0) is 25.4. The van der Waals surface area contributed by atoms with Crippen molar-refractivity contribution in [1.82, 2.24) is 16.0 Å². The second kappa shape index (κ2) is 17.1. The molecule has 0 aliphatic rings. The molecule has 0 spiro atoms. The standard InChI is InChI=1S/C19H35N5O8S/c1-33-9-7-11(21)16(28)24-14(10-25)18(30)22-12(5-6-15(26)27)17(29)23-13(19(31)32)4-2-3-8-20/h11-14,25H,2-10,20-21H2,1H3,(H,22,30)(H,23,29)(H,24,28)(H,26,27)(H,31,32). The second-order valence-electron chi connectivity index (χ2n) is 7.31. The van der Waals surface area contributed by atoms with Crippen LogP contribution in [0, 0.1) is 0 Å². The lowest BCUT2D eigenvalue weighted by Crippen LogP contribution is -2.58.